The Morgan fingerprint density at radius 1 is 1.14 bits per heavy atom. The largest absolute Gasteiger partial charge is 0.309 e. The number of fused-ring (bicyclic) bond motifs is 2. The second-order valence-electron chi connectivity index (χ2n) is 8.15. The van der Waals surface area contributed by atoms with Gasteiger partial charge >= 0.3 is 0 Å². The number of hydrogen-bond donors (Lipinski definition) is 1. The highest BCUT2D eigenvalue weighted by molar-refractivity contribution is 7.17. The lowest BCUT2D eigenvalue weighted by atomic mass is 9.75. The minimum absolute atomic E-state index is 0.0660. The summed E-state index contributed by atoms with van der Waals surface area (Å²) in [4.78, 5) is 24.0. The molecule has 0 bridgehead atoms. The molecule has 0 amide bonds. The zero-order chi connectivity index (χ0) is 19.1. The maximum atomic E-state index is 12.9. The smallest absolute Gasteiger partial charge is 0.260 e. The van der Waals surface area contributed by atoms with Gasteiger partial charge in [0.05, 0.1) is 11.9 Å². The van der Waals surface area contributed by atoms with Crippen molar-refractivity contribution in [3.8, 4) is 11.1 Å². The van der Waals surface area contributed by atoms with E-state index in [0.717, 1.165) is 53.3 Å². The third-order valence-electron chi connectivity index (χ3n) is 6.41. The van der Waals surface area contributed by atoms with Crippen molar-refractivity contribution < 1.29 is 0 Å². The lowest BCUT2D eigenvalue weighted by molar-refractivity contribution is 0.0803. The first kappa shape index (κ1) is 18.3. The number of likely N-dealkylation sites (tertiary alicyclic amines) is 1. The number of nitrogens with zero attached hydrogens (tertiary/aromatic N) is 2. The molecule has 1 aliphatic heterocycles. The zero-order valence-corrected chi connectivity index (χ0v) is 17.4. The first-order valence-corrected chi connectivity index (χ1v) is 11.4. The number of benzene rings is 1. The highest BCUT2D eigenvalue weighted by Gasteiger charge is 2.31. The summed E-state index contributed by atoms with van der Waals surface area (Å²) in [5, 5.41) is 3.29. The van der Waals surface area contributed by atoms with E-state index in [1.54, 1.807) is 0 Å². The van der Waals surface area contributed by atoms with Gasteiger partial charge in [0, 0.05) is 28.1 Å². The standard InChI is InChI=1S/C22H24ClN3OS/c23-18-8-4-3-7-16(18)17-13-28-22-20(17)21(27)24-19(25-22)12-26-10-9-14-5-1-2-6-15(14)11-26/h3-4,7-8,13-15H,1-2,5-6,9-12H2,(H,24,25,27)/t14-,15-/m1/s1. The summed E-state index contributed by atoms with van der Waals surface area (Å²) in [5.41, 5.74) is 1.69. The molecule has 2 aliphatic rings. The first-order chi connectivity index (χ1) is 13.7. The van der Waals surface area contributed by atoms with Crippen LogP contribution in [-0.4, -0.2) is 28.0 Å². The molecule has 1 saturated carbocycles. The normalized spacial score (nSPS) is 23.0. The quantitative estimate of drug-likeness (QED) is 0.632. The van der Waals surface area contributed by atoms with E-state index in [-0.39, 0.29) is 5.56 Å². The molecule has 28 heavy (non-hydrogen) atoms. The van der Waals surface area contributed by atoms with E-state index in [2.05, 4.69) is 9.88 Å². The van der Waals surface area contributed by atoms with Crippen molar-refractivity contribution >= 4 is 33.2 Å². The Balaban J connectivity index is 1.42. The lowest BCUT2D eigenvalue weighted by Gasteiger charge is -2.41. The van der Waals surface area contributed by atoms with Crippen molar-refractivity contribution in [3.63, 3.8) is 0 Å². The molecule has 3 aromatic rings. The molecule has 146 valence electrons. The van der Waals surface area contributed by atoms with Gasteiger partial charge in [0.2, 0.25) is 0 Å². The maximum Gasteiger partial charge on any atom is 0.260 e. The number of hydrogen-bond acceptors (Lipinski definition) is 4. The highest BCUT2D eigenvalue weighted by atomic mass is 35.5. The minimum Gasteiger partial charge on any atom is -0.309 e. The number of aromatic nitrogens is 2. The Labute approximate surface area is 173 Å². The van der Waals surface area contributed by atoms with Crippen LogP contribution in [0.1, 0.15) is 37.9 Å². The van der Waals surface area contributed by atoms with Crippen molar-refractivity contribution in [1.29, 1.82) is 0 Å². The number of halogens is 1. The predicted octanol–water partition coefficient (Wildman–Crippen LogP) is 5.32. The van der Waals surface area contributed by atoms with Crippen LogP contribution in [0.15, 0.2) is 34.4 Å². The Morgan fingerprint density at radius 2 is 1.96 bits per heavy atom. The molecular weight excluding hydrogens is 390 g/mol. The van der Waals surface area contributed by atoms with Gasteiger partial charge in [-0.3, -0.25) is 9.69 Å². The van der Waals surface area contributed by atoms with Gasteiger partial charge in [-0.1, -0.05) is 49.1 Å². The minimum atomic E-state index is -0.0660. The average molecular weight is 414 g/mol. The molecule has 1 saturated heterocycles. The third-order valence-corrected chi connectivity index (χ3v) is 7.61. The van der Waals surface area contributed by atoms with E-state index in [1.165, 1.54) is 43.4 Å². The molecule has 6 heteroatoms. The van der Waals surface area contributed by atoms with Crippen LogP contribution in [0.5, 0.6) is 0 Å². The Morgan fingerprint density at radius 3 is 2.82 bits per heavy atom. The van der Waals surface area contributed by atoms with Crippen LogP contribution < -0.4 is 5.56 Å². The lowest BCUT2D eigenvalue weighted by Crippen LogP contribution is -2.41. The van der Waals surface area contributed by atoms with Crippen molar-refractivity contribution in [2.45, 2.75) is 38.6 Å². The van der Waals surface area contributed by atoms with Gasteiger partial charge in [0.15, 0.2) is 0 Å². The Kier molecular flexibility index (Phi) is 4.99. The Hall–Kier alpha value is -1.69. The molecule has 2 fully saturated rings. The number of piperidine rings is 1. The molecule has 2 aromatic heterocycles. The monoisotopic (exact) mass is 413 g/mol. The molecule has 5 rings (SSSR count). The van der Waals surface area contributed by atoms with Gasteiger partial charge in [-0.2, -0.15) is 0 Å². The summed E-state index contributed by atoms with van der Waals surface area (Å²) in [7, 11) is 0. The van der Waals surface area contributed by atoms with Crippen molar-refractivity contribution in [2.24, 2.45) is 11.8 Å². The highest BCUT2D eigenvalue weighted by Crippen LogP contribution is 2.37. The average Bonchev–Trinajstić information content (AvgIpc) is 3.12. The number of nitrogens with one attached hydrogen (secondary N) is 1. The molecule has 1 aliphatic carbocycles. The van der Waals surface area contributed by atoms with Gasteiger partial charge in [-0.05, 0) is 37.3 Å². The molecule has 4 nitrogen and oxygen atoms in total. The fourth-order valence-electron chi connectivity index (χ4n) is 4.98. The number of rotatable bonds is 3. The van der Waals surface area contributed by atoms with Gasteiger partial charge in [-0.15, -0.1) is 11.3 Å². The molecule has 3 heterocycles. The topological polar surface area (TPSA) is 49.0 Å². The third kappa shape index (κ3) is 3.40. The van der Waals surface area contributed by atoms with Gasteiger partial charge in [-0.25, -0.2) is 4.98 Å². The maximum absolute atomic E-state index is 12.9. The van der Waals surface area contributed by atoms with Crippen molar-refractivity contribution in [2.75, 3.05) is 13.1 Å². The number of thiophene rings is 1. The fraction of sp³-hybridized carbons (Fsp3) is 0.455. The second kappa shape index (κ2) is 7.62. The molecule has 2 atom stereocenters. The summed E-state index contributed by atoms with van der Waals surface area (Å²) < 4.78 is 0. The summed E-state index contributed by atoms with van der Waals surface area (Å²) >= 11 is 7.87. The van der Waals surface area contributed by atoms with Crippen LogP contribution in [0.3, 0.4) is 0 Å². The van der Waals surface area contributed by atoms with E-state index in [0.29, 0.717) is 10.4 Å². The van der Waals surface area contributed by atoms with Crippen LogP contribution in [0.2, 0.25) is 5.02 Å². The van der Waals surface area contributed by atoms with Crippen LogP contribution in [0.25, 0.3) is 21.3 Å². The predicted molar refractivity (Wildman–Crippen MR) is 116 cm³/mol. The molecule has 0 unspecified atom stereocenters. The molecule has 0 radical (unpaired) electrons. The SMILES string of the molecule is O=c1[nH]c(CN2CC[C@H]3CCCC[C@@H]3C2)nc2scc(-c3ccccc3Cl)c12. The van der Waals surface area contributed by atoms with E-state index >= 15 is 0 Å². The van der Waals surface area contributed by atoms with E-state index in [9.17, 15) is 4.79 Å². The van der Waals surface area contributed by atoms with Crippen LogP contribution >= 0.6 is 22.9 Å². The van der Waals surface area contributed by atoms with Crippen LogP contribution in [0.4, 0.5) is 0 Å². The molecular formula is C22H24ClN3OS. The fourth-order valence-corrected chi connectivity index (χ4v) is 6.17. The molecule has 1 aromatic carbocycles. The summed E-state index contributed by atoms with van der Waals surface area (Å²) in [6, 6.07) is 7.64. The summed E-state index contributed by atoms with van der Waals surface area (Å²) in [5.74, 6) is 2.51. The zero-order valence-electron chi connectivity index (χ0n) is 15.8. The van der Waals surface area contributed by atoms with E-state index < -0.39 is 0 Å². The van der Waals surface area contributed by atoms with Gasteiger partial charge < -0.3 is 4.98 Å². The van der Waals surface area contributed by atoms with Gasteiger partial charge in [0.1, 0.15) is 10.7 Å². The van der Waals surface area contributed by atoms with Crippen LogP contribution in [-0.2, 0) is 6.54 Å². The van der Waals surface area contributed by atoms with Gasteiger partial charge in [0.25, 0.3) is 5.56 Å². The van der Waals surface area contributed by atoms with E-state index in [1.807, 2.05) is 29.6 Å². The molecule has 0 spiro atoms. The number of aromatic amines is 1. The van der Waals surface area contributed by atoms with E-state index in [4.69, 9.17) is 16.6 Å². The number of H-pyrrole nitrogens is 1. The van der Waals surface area contributed by atoms with Crippen molar-refractivity contribution in [1.82, 2.24) is 14.9 Å². The summed E-state index contributed by atoms with van der Waals surface area (Å²) in [6.45, 7) is 2.98. The van der Waals surface area contributed by atoms with Crippen molar-refractivity contribution in [3.05, 3.63) is 50.8 Å². The Bertz CT molecular complexity index is 1060. The first-order valence-electron chi connectivity index (χ1n) is 10.2. The molecule has 1 N–H and O–H groups in total. The van der Waals surface area contributed by atoms with Crippen LogP contribution in [0, 0.1) is 11.8 Å². The summed E-state index contributed by atoms with van der Waals surface area (Å²) in [6.07, 6.45) is 6.82. The second-order valence-corrected chi connectivity index (χ2v) is 9.42.